The third-order valence-corrected chi connectivity index (χ3v) is 2.14. The molecule has 0 fully saturated rings. The van der Waals surface area contributed by atoms with Crippen molar-refractivity contribution in [1.82, 2.24) is 19.7 Å². The summed E-state index contributed by atoms with van der Waals surface area (Å²) < 4.78 is 38.1. The zero-order valence-electron chi connectivity index (χ0n) is 9.31. The van der Waals surface area contributed by atoms with Crippen LogP contribution in [0, 0.1) is 6.92 Å². The first-order chi connectivity index (χ1) is 8.40. The van der Waals surface area contributed by atoms with Crippen molar-refractivity contribution in [2.24, 2.45) is 0 Å². The van der Waals surface area contributed by atoms with E-state index in [1.165, 1.54) is 6.07 Å². The highest BCUT2D eigenvalue weighted by Crippen LogP contribution is 2.27. The lowest BCUT2D eigenvalue weighted by Crippen LogP contribution is -2.10. The average Bonchev–Trinajstić information content (AvgIpc) is 2.77. The Morgan fingerprint density at radius 3 is 2.61 bits per heavy atom. The maximum absolute atomic E-state index is 12.4. The molecule has 0 bridgehead atoms. The Kier molecular flexibility index (Phi) is 3.04. The molecule has 18 heavy (non-hydrogen) atoms. The van der Waals surface area contributed by atoms with Gasteiger partial charge in [0.15, 0.2) is 5.69 Å². The van der Waals surface area contributed by atoms with Crippen molar-refractivity contribution in [3.05, 3.63) is 35.4 Å². The summed E-state index contributed by atoms with van der Waals surface area (Å²) in [6, 6.07) is 2.38. The summed E-state index contributed by atoms with van der Waals surface area (Å²) in [5.74, 6) is -0.00505. The Morgan fingerprint density at radius 1 is 1.33 bits per heavy atom. The second kappa shape index (κ2) is 4.37. The highest BCUT2D eigenvalue weighted by Gasteiger charge is 2.33. The van der Waals surface area contributed by atoms with Crippen molar-refractivity contribution < 1.29 is 18.3 Å². The molecule has 2 rings (SSSR count). The Hall–Kier alpha value is -1.96. The predicted molar refractivity (Wildman–Crippen MR) is 54.8 cm³/mol. The number of aliphatic hydroxyl groups excluding tert-OH is 1. The van der Waals surface area contributed by atoms with Crippen molar-refractivity contribution >= 4 is 0 Å². The molecule has 2 heterocycles. The second-order valence-corrected chi connectivity index (χ2v) is 3.60. The van der Waals surface area contributed by atoms with Crippen LogP contribution in [0.2, 0.25) is 0 Å². The first-order valence-electron chi connectivity index (χ1n) is 4.99. The second-order valence-electron chi connectivity index (χ2n) is 3.60. The summed E-state index contributed by atoms with van der Waals surface area (Å²) in [6.07, 6.45) is -3.38. The molecule has 0 unspecified atom stereocenters. The Morgan fingerprint density at radius 2 is 2.06 bits per heavy atom. The molecule has 0 radical (unpaired) electrons. The summed E-state index contributed by atoms with van der Waals surface area (Å²) in [7, 11) is 0. The lowest BCUT2D eigenvalue weighted by molar-refractivity contribution is -0.141. The summed E-state index contributed by atoms with van der Waals surface area (Å²) in [5, 5.41) is 12.3. The molecule has 0 aliphatic heterocycles. The molecule has 5 nitrogen and oxygen atoms in total. The van der Waals surface area contributed by atoms with Crippen molar-refractivity contribution in [2.75, 3.05) is 0 Å². The van der Waals surface area contributed by atoms with Crippen LogP contribution in [0.3, 0.4) is 0 Å². The lowest BCUT2D eigenvalue weighted by Gasteiger charge is -2.04. The summed E-state index contributed by atoms with van der Waals surface area (Å²) in [5.41, 5.74) is -0.159. The topological polar surface area (TPSA) is 63.8 Å². The van der Waals surface area contributed by atoms with Gasteiger partial charge in [-0.25, -0.2) is 14.6 Å². The van der Waals surface area contributed by atoms with Gasteiger partial charge in [0, 0.05) is 11.9 Å². The first-order valence-corrected chi connectivity index (χ1v) is 4.99. The van der Waals surface area contributed by atoms with Gasteiger partial charge in [0.25, 0.3) is 5.95 Å². The van der Waals surface area contributed by atoms with E-state index in [2.05, 4.69) is 15.1 Å². The van der Waals surface area contributed by atoms with E-state index in [1.807, 2.05) is 0 Å². The molecule has 0 aliphatic rings. The third-order valence-electron chi connectivity index (χ3n) is 2.14. The van der Waals surface area contributed by atoms with E-state index in [4.69, 9.17) is 5.11 Å². The summed E-state index contributed by atoms with van der Waals surface area (Å²) in [4.78, 5) is 7.85. The standard InChI is InChI=1S/C10H9F3N4O/c1-6-4-7(5-18)15-9(14-6)17-3-2-8(16-17)10(11,12)13/h2-4,18H,5H2,1H3. The Labute approximate surface area is 99.9 Å². The smallest absolute Gasteiger partial charge is 0.390 e. The fourth-order valence-corrected chi connectivity index (χ4v) is 1.39. The van der Waals surface area contributed by atoms with Crippen molar-refractivity contribution in [3.63, 3.8) is 0 Å². The number of nitrogens with zero attached hydrogens (tertiary/aromatic N) is 4. The lowest BCUT2D eigenvalue weighted by atomic mass is 10.3. The highest BCUT2D eigenvalue weighted by molar-refractivity contribution is 5.19. The molecule has 96 valence electrons. The number of aliphatic hydroxyl groups is 1. The Balaban J connectivity index is 2.43. The van der Waals surface area contributed by atoms with Gasteiger partial charge >= 0.3 is 6.18 Å². The largest absolute Gasteiger partial charge is 0.435 e. The maximum Gasteiger partial charge on any atom is 0.435 e. The molecule has 0 saturated carbocycles. The summed E-state index contributed by atoms with van der Waals surface area (Å²) in [6.45, 7) is 1.34. The number of aryl methyl sites for hydroxylation is 1. The van der Waals surface area contributed by atoms with Gasteiger partial charge in [-0.3, -0.25) is 0 Å². The van der Waals surface area contributed by atoms with Gasteiger partial charge in [0.05, 0.1) is 12.3 Å². The molecular weight excluding hydrogens is 249 g/mol. The van der Waals surface area contributed by atoms with Crippen LogP contribution in [-0.2, 0) is 12.8 Å². The maximum atomic E-state index is 12.4. The molecule has 0 spiro atoms. The minimum atomic E-state index is -4.51. The Bertz CT molecular complexity index is 564. The van der Waals surface area contributed by atoms with E-state index in [0.717, 1.165) is 16.9 Å². The molecule has 2 aromatic heterocycles. The molecule has 0 saturated heterocycles. The molecule has 0 amide bonds. The predicted octanol–water partition coefficient (Wildman–Crippen LogP) is 1.48. The van der Waals surface area contributed by atoms with Crippen molar-refractivity contribution in [3.8, 4) is 5.95 Å². The van der Waals surface area contributed by atoms with E-state index >= 15 is 0 Å². The fraction of sp³-hybridized carbons (Fsp3) is 0.300. The van der Waals surface area contributed by atoms with E-state index in [1.54, 1.807) is 6.92 Å². The minimum Gasteiger partial charge on any atom is -0.390 e. The van der Waals surface area contributed by atoms with Gasteiger partial charge in [-0.15, -0.1) is 0 Å². The normalized spacial score (nSPS) is 11.8. The molecule has 0 atom stereocenters. The van der Waals surface area contributed by atoms with Crippen LogP contribution in [0.25, 0.3) is 5.95 Å². The third kappa shape index (κ3) is 2.48. The number of halogens is 3. The quantitative estimate of drug-likeness (QED) is 0.886. The average molecular weight is 258 g/mol. The van der Waals surface area contributed by atoms with Crippen molar-refractivity contribution in [1.29, 1.82) is 0 Å². The van der Waals surface area contributed by atoms with E-state index in [-0.39, 0.29) is 12.6 Å². The minimum absolute atomic E-state index is 0.00505. The molecular formula is C10H9F3N4O. The van der Waals surface area contributed by atoms with Crippen LogP contribution < -0.4 is 0 Å². The molecule has 0 aliphatic carbocycles. The number of hydrogen-bond acceptors (Lipinski definition) is 4. The number of aromatic nitrogens is 4. The van der Waals surface area contributed by atoms with Crippen LogP contribution in [-0.4, -0.2) is 24.9 Å². The first kappa shape index (κ1) is 12.5. The monoisotopic (exact) mass is 258 g/mol. The molecule has 0 aromatic carbocycles. The van der Waals surface area contributed by atoms with E-state index in [0.29, 0.717) is 11.4 Å². The highest BCUT2D eigenvalue weighted by atomic mass is 19.4. The number of rotatable bonds is 2. The fourth-order valence-electron chi connectivity index (χ4n) is 1.39. The van der Waals surface area contributed by atoms with E-state index in [9.17, 15) is 13.2 Å². The van der Waals surface area contributed by atoms with Gasteiger partial charge in [0.1, 0.15) is 0 Å². The zero-order chi connectivity index (χ0) is 13.3. The van der Waals surface area contributed by atoms with Gasteiger partial charge < -0.3 is 5.11 Å². The SMILES string of the molecule is Cc1cc(CO)nc(-n2ccc(C(F)(F)F)n2)n1. The zero-order valence-corrected chi connectivity index (χ0v) is 9.31. The van der Waals surface area contributed by atoms with Crippen LogP contribution in [0.1, 0.15) is 17.1 Å². The van der Waals surface area contributed by atoms with Gasteiger partial charge in [-0.05, 0) is 19.1 Å². The van der Waals surface area contributed by atoms with Crippen LogP contribution in [0.4, 0.5) is 13.2 Å². The van der Waals surface area contributed by atoms with Gasteiger partial charge in [0.2, 0.25) is 0 Å². The molecule has 8 heteroatoms. The van der Waals surface area contributed by atoms with Crippen LogP contribution in [0.15, 0.2) is 18.3 Å². The number of alkyl halides is 3. The van der Waals surface area contributed by atoms with Gasteiger partial charge in [-0.2, -0.15) is 18.3 Å². The molecule has 2 aromatic rings. The van der Waals surface area contributed by atoms with Crippen molar-refractivity contribution in [2.45, 2.75) is 19.7 Å². The van der Waals surface area contributed by atoms with Crippen LogP contribution >= 0.6 is 0 Å². The van der Waals surface area contributed by atoms with Gasteiger partial charge in [-0.1, -0.05) is 0 Å². The number of hydrogen-bond donors (Lipinski definition) is 1. The van der Waals surface area contributed by atoms with Crippen LogP contribution in [0.5, 0.6) is 0 Å². The summed E-state index contributed by atoms with van der Waals surface area (Å²) >= 11 is 0. The van der Waals surface area contributed by atoms with E-state index < -0.39 is 11.9 Å². The molecule has 1 N–H and O–H groups in total.